The van der Waals surface area contributed by atoms with Crippen LogP contribution in [0.4, 0.5) is 11.4 Å². The summed E-state index contributed by atoms with van der Waals surface area (Å²) in [5.74, 6) is -4.96. The van der Waals surface area contributed by atoms with E-state index in [0.29, 0.717) is 22.1 Å². The number of amides is 2. The van der Waals surface area contributed by atoms with E-state index in [0.717, 1.165) is 21.4 Å². The maximum atomic E-state index is 15.3. The number of carbonyl (C=O) groups excluding carboxylic acids is 4. The topological polar surface area (TPSA) is 135 Å². The van der Waals surface area contributed by atoms with Gasteiger partial charge in [-0.2, -0.15) is 0 Å². The number of allylic oxidation sites excluding steroid dienone is 4. The SMILES string of the molecule is O=C1C(c2ccccc2)=CC(=O)[C@@]2(c3ccccc3)[C@@H](c3ccc(O)c4ccccc34)C3=CC[C@@H]4C(=O)N(c5ccc([N+](=O)[O-])cc5)C(=O)[C@@H]4[C@@H]3C[C@@H]12. The Morgan fingerprint density at radius 2 is 1.40 bits per heavy atom. The zero-order valence-electron chi connectivity index (χ0n) is 28.3. The molecular weight excluding hydrogens is 668 g/mol. The summed E-state index contributed by atoms with van der Waals surface area (Å²) in [6.07, 6.45) is 3.87. The number of fused-ring (bicyclic) bond motifs is 5. The van der Waals surface area contributed by atoms with Gasteiger partial charge in [0.2, 0.25) is 11.8 Å². The Labute approximate surface area is 304 Å². The first-order valence-electron chi connectivity index (χ1n) is 17.7. The molecule has 1 heterocycles. The van der Waals surface area contributed by atoms with E-state index in [1.807, 2.05) is 97.1 Å². The minimum Gasteiger partial charge on any atom is -0.507 e. The number of Topliss-reactive ketones (excluding diaryl/α,β-unsaturated/α-hetero) is 1. The first-order valence-corrected chi connectivity index (χ1v) is 17.7. The van der Waals surface area contributed by atoms with E-state index in [4.69, 9.17) is 0 Å². The van der Waals surface area contributed by atoms with Crippen LogP contribution in [0.5, 0.6) is 5.75 Å². The molecule has 2 fully saturated rings. The van der Waals surface area contributed by atoms with Gasteiger partial charge in [0, 0.05) is 34.9 Å². The smallest absolute Gasteiger partial charge is 0.269 e. The molecular formula is C44H32N2O7. The monoisotopic (exact) mass is 700 g/mol. The fraction of sp³-hybridized carbons (Fsp3) is 0.182. The highest BCUT2D eigenvalue weighted by Crippen LogP contribution is 2.64. The minimum atomic E-state index is -1.41. The molecule has 0 radical (unpaired) electrons. The molecule has 5 aromatic carbocycles. The second-order valence-corrected chi connectivity index (χ2v) is 14.3. The number of carbonyl (C=O) groups is 4. The fourth-order valence-electron chi connectivity index (χ4n) is 9.75. The zero-order valence-corrected chi connectivity index (χ0v) is 28.3. The van der Waals surface area contributed by atoms with E-state index in [-0.39, 0.29) is 41.5 Å². The Kier molecular flexibility index (Phi) is 7.37. The van der Waals surface area contributed by atoms with Crippen molar-refractivity contribution in [1.29, 1.82) is 0 Å². The lowest BCUT2D eigenvalue weighted by atomic mass is 9.44. The lowest BCUT2D eigenvalue weighted by Crippen LogP contribution is -2.58. The highest BCUT2D eigenvalue weighted by atomic mass is 16.6. The van der Waals surface area contributed by atoms with Crippen LogP contribution in [0.1, 0.15) is 35.4 Å². The van der Waals surface area contributed by atoms with Crippen LogP contribution in [0.3, 0.4) is 0 Å². The van der Waals surface area contributed by atoms with Gasteiger partial charge in [0.15, 0.2) is 11.6 Å². The second-order valence-electron chi connectivity index (χ2n) is 14.3. The van der Waals surface area contributed by atoms with Crippen molar-refractivity contribution in [1.82, 2.24) is 0 Å². The summed E-state index contributed by atoms with van der Waals surface area (Å²) in [6.45, 7) is 0. The van der Waals surface area contributed by atoms with Gasteiger partial charge in [0.05, 0.1) is 27.9 Å². The normalized spacial score (nSPS) is 26.4. The molecule has 9 heteroatoms. The van der Waals surface area contributed by atoms with E-state index < -0.39 is 51.7 Å². The predicted molar refractivity (Wildman–Crippen MR) is 198 cm³/mol. The van der Waals surface area contributed by atoms with Crippen LogP contribution in [0.25, 0.3) is 16.3 Å². The van der Waals surface area contributed by atoms with Gasteiger partial charge in [0.1, 0.15) is 5.75 Å². The highest BCUT2D eigenvalue weighted by molar-refractivity contribution is 6.32. The number of nitro groups is 1. The number of aromatic hydroxyl groups is 1. The fourth-order valence-corrected chi connectivity index (χ4v) is 9.75. The van der Waals surface area contributed by atoms with E-state index >= 15 is 9.59 Å². The molecule has 1 N–H and O–H groups in total. The molecule has 2 amide bonds. The molecule has 260 valence electrons. The lowest BCUT2D eigenvalue weighted by Gasteiger charge is -2.55. The Balaban J connectivity index is 1.28. The predicted octanol–water partition coefficient (Wildman–Crippen LogP) is 7.48. The number of phenols is 1. The Morgan fingerprint density at radius 3 is 2.09 bits per heavy atom. The number of imide groups is 1. The molecule has 1 saturated heterocycles. The summed E-state index contributed by atoms with van der Waals surface area (Å²) >= 11 is 0. The third-order valence-corrected chi connectivity index (χ3v) is 11.9. The molecule has 0 bridgehead atoms. The molecule has 5 aromatic rings. The molecule has 9 rings (SSSR count). The summed E-state index contributed by atoms with van der Waals surface area (Å²) in [5, 5.41) is 23.7. The number of nitrogens with zero attached hydrogens (tertiary/aromatic N) is 2. The third-order valence-electron chi connectivity index (χ3n) is 11.9. The molecule has 4 aliphatic rings. The van der Waals surface area contributed by atoms with Crippen LogP contribution in [0.2, 0.25) is 0 Å². The Morgan fingerprint density at radius 1 is 0.736 bits per heavy atom. The first-order chi connectivity index (χ1) is 25.7. The van der Waals surface area contributed by atoms with Gasteiger partial charge in [-0.05, 0) is 65.1 Å². The van der Waals surface area contributed by atoms with Crippen LogP contribution in [0.15, 0.2) is 139 Å². The zero-order chi connectivity index (χ0) is 36.6. The van der Waals surface area contributed by atoms with Crippen molar-refractivity contribution in [2.75, 3.05) is 4.90 Å². The molecule has 6 atom stereocenters. The lowest BCUT2D eigenvalue weighted by molar-refractivity contribution is -0.384. The summed E-state index contributed by atoms with van der Waals surface area (Å²) < 4.78 is 0. The van der Waals surface area contributed by atoms with E-state index in [1.165, 1.54) is 30.3 Å². The molecule has 53 heavy (non-hydrogen) atoms. The molecule has 0 spiro atoms. The standard InChI is InChI=1S/C44H32N2O7/c47-37-22-21-31(29-13-7-8-14-30(29)37)40-32-19-20-33-39(43(51)45(42(33)50)27-15-17-28(18-16-27)46(52)53)35(32)23-36-41(49)34(25-9-3-1-4-10-25)24-38(48)44(36,40)26-11-5-2-6-12-26/h1-19,21-22,24,33,35-36,39-40,47H,20,23H2/t33-,35+,36-,39-,40-,44-/m0/s1. The molecule has 1 saturated carbocycles. The van der Waals surface area contributed by atoms with Crippen molar-refractivity contribution >= 4 is 51.1 Å². The molecule has 0 unspecified atom stereocenters. The van der Waals surface area contributed by atoms with Crippen molar-refractivity contribution in [3.05, 3.63) is 166 Å². The molecule has 9 nitrogen and oxygen atoms in total. The van der Waals surface area contributed by atoms with Gasteiger partial charge in [-0.25, -0.2) is 0 Å². The quantitative estimate of drug-likeness (QED) is 0.0869. The van der Waals surface area contributed by atoms with E-state index in [1.54, 1.807) is 6.07 Å². The number of non-ortho nitro benzene ring substituents is 1. The summed E-state index contributed by atoms with van der Waals surface area (Å²) in [4.78, 5) is 71.2. The minimum absolute atomic E-state index is 0.0762. The average molecular weight is 701 g/mol. The number of anilines is 1. The van der Waals surface area contributed by atoms with Crippen LogP contribution < -0.4 is 4.90 Å². The number of hydrogen-bond donors (Lipinski definition) is 1. The van der Waals surface area contributed by atoms with Crippen LogP contribution in [-0.4, -0.2) is 33.4 Å². The van der Waals surface area contributed by atoms with Crippen molar-refractivity contribution in [3.8, 4) is 5.75 Å². The first kappa shape index (κ1) is 32.4. The van der Waals surface area contributed by atoms with Gasteiger partial charge in [-0.1, -0.05) is 103 Å². The van der Waals surface area contributed by atoms with Gasteiger partial charge in [-0.15, -0.1) is 0 Å². The average Bonchev–Trinajstić information content (AvgIpc) is 3.45. The summed E-state index contributed by atoms with van der Waals surface area (Å²) in [7, 11) is 0. The highest BCUT2D eigenvalue weighted by Gasteiger charge is 2.66. The van der Waals surface area contributed by atoms with Gasteiger partial charge in [0.25, 0.3) is 5.69 Å². The van der Waals surface area contributed by atoms with Crippen molar-refractivity contribution in [2.24, 2.45) is 23.7 Å². The van der Waals surface area contributed by atoms with Gasteiger partial charge >= 0.3 is 0 Å². The summed E-state index contributed by atoms with van der Waals surface area (Å²) in [5.41, 5.74) is 1.84. The third kappa shape index (κ3) is 4.63. The van der Waals surface area contributed by atoms with E-state index in [9.17, 15) is 24.8 Å². The van der Waals surface area contributed by atoms with Gasteiger partial charge < -0.3 is 5.11 Å². The Hall–Kier alpha value is -6.48. The number of ketones is 2. The maximum absolute atomic E-state index is 15.3. The number of nitro benzene ring substituents is 1. The molecule has 3 aliphatic carbocycles. The molecule has 0 aromatic heterocycles. The van der Waals surface area contributed by atoms with Gasteiger partial charge in [-0.3, -0.25) is 34.2 Å². The second kappa shape index (κ2) is 12.1. The maximum Gasteiger partial charge on any atom is 0.269 e. The van der Waals surface area contributed by atoms with Crippen molar-refractivity contribution in [2.45, 2.75) is 24.2 Å². The van der Waals surface area contributed by atoms with Crippen LogP contribution in [0, 0.1) is 33.8 Å². The number of hydrogen-bond acceptors (Lipinski definition) is 7. The molecule has 1 aliphatic heterocycles. The van der Waals surface area contributed by atoms with Crippen molar-refractivity contribution < 1.29 is 29.2 Å². The van der Waals surface area contributed by atoms with Crippen LogP contribution in [-0.2, 0) is 24.6 Å². The number of phenolic OH excluding ortho intramolecular Hbond substituents is 1. The number of rotatable bonds is 5. The van der Waals surface area contributed by atoms with E-state index in [2.05, 4.69) is 0 Å². The largest absolute Gasteiger partial charge is 0.507 e. The Bertz CT molecular complexity index is 2450. The number of benzene rings is 5. The van der Waals surface area contributed by atoms with Crippen molar-refractivity contribution in [3.63, 3.8) is 0 Å². The van der Waals surface area contributed by atoms with Crippen LogP contribution >= 0.6 is 0 Å². The summed E-state index contributed by atoms with van der Waals surface area (Å²) in [6, 6.07) is 34.7.